The third-order valence-electron chi connectivity index (χ3n) is 4.54. The van der Waals surface area contributed by atoms with E-state index in [4.69, 9.17) is 15.2 Å². The summed E-state index contributed by atoms with van der Waals surface area (Å²) in [5, 5.41) is 0. The number of anilines is 1. The van der Waals surface area contributed by atoms with E-state index in [1.807, 2.05) is 12.1 Å². The second-order valence-corrected chi connectivity index (χ2v) is 6.06. The lowest BCUT2D eigenvalue weighted by Gasteiger charge is -2.39. The zero-order valence-electron chi connectivity index (χ0n) is 13.0. The summed E-state index contributed by atoms with van der Waals surface area (Å²) in [5.41, 5.74) is 9.07. The lowest BCUT2D eigenvalue weighted by atomic mass is 10.0. The van der Waals surface area contributed by atoms with E-state index in [2.05, 4.69) is 23.8 Å². The molecule has 0 aromatic heterocycles. The molecule has 1 atom stereocenters. The minimum Gasteiger partial charge on any atom is -0.467 e. The zero-order valence-corrected chi connectivity index (χ0v) is 13.0. The van der Waals surface area contributed by atoms with Gasteiger partial charge >= 0.3 is 0 Å². The van der Waals surface area contributed by atoms with Crippen molar-refractivity contribution in [1.29, 1.82) is 0 Å². The molecule has 5 heteroatoms. The largest absolute Gasteiger partial charge is 0.467 e. The van der Waals surface area contributed by atoms with E-state index in [1.165, 1.54) is 12.0 Å². The first kappa shape index (κ1) is 14.6. The maximum atomic E-state index is 6.03. The molecule has 0 aliphatic carbocycles. The Morgan fingerprint density at radius 2 is 2.19 bits per heavy atom. The van der Waals surface area contributed by atoms with Crippen molar-refractivity contribution < 1.29 is 9.47 Å². The van der Waals surface area contributed by atoms with E-state index in [0.29, 0.717) is 19.4 Å². The summed E-state index contributed by atoms with van der Waals surface area (Å²) >= 11 is 0. The second-order valence-electron chi connectivity index (χ2n) is 6.06. The second kappa shape index (κ2) is 6.22. The van der Waals surface area contributed by atoms with Crippen molar-refractivity contribution in [3.8, 4) is 5.75 Å². The van der Waals surface area contributed by atoms with E-state index in [9.17, 15) is 0 Å². The molecule has 2 aliphatic heterocycles. The van der Waals surface area contributed by atoms with Gasteiger partial charge in [0, 0.05) is 49.0 Å². The highest BCUT2D eigenvalue weighted by Crippen LogP contribution is 2.32. The molecule has 5 nitrogen and oxygen atoms in total. The Labute approximate surface area is 126 Å². The highest BCUT2D eigenvalue weighted by atomic mass is 16.7. The summed E-state index contributed by atoms with van der Waals surface area (Å²) in [4.78, 5) is 4.96. The first-order valence-electron chi connectivity index (χ1n) is 7.71. The van der Waals surface area contributed by atoms with Crippen LogP contribution in [-0.2, 0) is 17.9 Å². The van der Waals surface area contributed by atoms with Gasteiger partial charge in [0.25, 0.3) is 0 Å². The van der Waals surface area contributed by atoms with Crippen molar-refractivity contribution in [3.63, 3.8) is 0 Å². The maximum Gasteiger partial charge on any atom is 0.189 e. The Hall–Kier alpha value is -1.30. The summed E-state index contributed by atoms with van der Waals surface area (Å²) in [5.74, 6) is 0.974. The molecule has 0 radical (unpaired) electrons. The molecule has 0 spiro atoms. The van der Waals surface area contributed by atoms with Crippen LogP contribution in [-0.4, -0.2) is 49.3 Å². The van der Waals surface area contributed by atoms with Gasteiger partial charge in [0.2, 0.25) is 0 Å². The molecule has 2 N–H and O–H groups in total. The highest BCUT2D eigenvalue weighted by molar-refractivity contribution is 5.53. The average molecular weight is 291 g/mol. The van der Waals surface area contributed by atoms with Gasteiger partial charge in [-0.1, -0.05) is 6.92 Å². The molecule has 0 amide bonds. The molecule has 21 heavy (non-hydrogen) atoms. The van der Waals surface area contributed by atoms with Crippen molar-refractivity contribution in [1.82, 2.24) is 9.80 Å². The fourth-order valence-corrected chi connectivity index (χ4v) is 3.28. The molecule has 3 rings (SSSR count). The average Bonchev–Trinajstić information content (AvgIpc) is 2.49. The van der Waals surface area contributed by atoms with Crippen LogP contribution in [0.4, 0.5) is 5.69 Å². The number of piperazine rings is 1. The fourth-order valence-electron chi connectivity index (χ4n) is 3.28. The van der Waals surface area contributed by atoms with Gasteiger partial charge in [0.05, 0.1) is 6.61 Å². The molecule has 2 heterocycles. The van der Waals surface area contributed by atoms with Gasteiger partial charge in [-0.05, 0) is 25.6 Å². The van der Waals surface area contributed by atoms with Gasteiger partial charge in [-0.25, -0.2) is 0 Å². The van der Waals surface area contributed by atoms with Gasteiger partial charge in [-0.3, -0.25) is 4.90 Å². The van der Waals surface area contributed by atoms with Crippen LogP contribution < -0.4 is 10.5 Å². The molecule has 116 valence electrons. The van der Waals surface area contributed by atoms with E-state index < -0.39 is 0 Å². The summed E-state index contributed by atoms with van der Waals surface area (Å²) < 4.78 is 11.1. The Kier molecular flexibility index (Phi) is 4.33. The monoisotopic (exact) mass is 291 g/mol. The van der Waals surface area contributed by atoms with Crippen molar-refractivity contribution in [3.05, 3.63) is 23.3 Å². The summed E-state index contributed by atoms with van der Waals surface area (Å²) in [6.45, 7) is 7.40. The molecule has 1 aromatic rings. The third-order valence-corrected chi connectivity index (χ3v) is 4.54. The van der Waals surface area contributed by atoms with Crippen LogP contribution in [0.25, 0.3) is 0 Å². The summed E-state index contributed by atoms with van der Waals surface area (Å²) in [7, 11) is 2.22. The van der Waals surface area contributed by atoms with Gasteiger partial charge in [0.1, 0.15) is 5.75 Å². The number of rotatable bonds is 3. The Bertz CT molecular complexity index is 507. The number of nitrogens with two attached hydrogens (primary N) is 1. The number of hydrogen-bond donors (Lipinski definition) is 1. The van der Waals surface area contributed by atoms with Crippen LogP contribution in [0, 0.1) is 0 Å². The maximum absolute atomic E-state index is 6.03. The van der Waals surface area contributed by atoms with Crippen molar-refractivity contribution in [2.24, 2.45) is 0 Å². The molecule has 1 saturated heterocycles. The van der Waals surface area contributed by atoms with E-state index in [-0.39, 0.29) is 0 Å². The van der Waals surface area contributed by atoms with Gasteiger partial charge in [-0.2, -0.15) is 0 Å². The number of ether oxygens (including phenoxy) is 2. The zero-order chi connectivity index (χ0) is 14.8. The first-order chi connectivity index (χ1) is 10.2. The Morgan fingerprint density at radius 3 is 3.00 bits per heavy atom. The minimum absolute atomic E-state index is 0.338. The number of hydrogen-bond acceptors (Lipinski definition) is 5. The standard InChI is InChI=1S/C16H25N3O2/c1-3-15-9-19(5-4-18(15)2)8-12-6-14(17)7-13-10-20-11-21-16(12)13/h6-7,15H,3-5,8-11,17H2,1-2H3. The number of nitrogens with zero attached hydrogens (tertiary/aromatic N) is 2. The molecule has 0 saturated carbocycles. The van der Waals surface area contributed by atoms with Gasteiger partial charge < -0.3 is 20.1 Å². The van der Waals surface area contributed by atoms with Gasteiger partial charge in [-0.15, -0.1) is 0 Å². The smallest absolute Gasteiger partial charge is 0.189 e. The molecular weight excluding hydrogens is 266 g/mol. The molecule has 2 aliphatic rings. The van der Waals surface area contributed by atoms with Crippen molar-refractivity contribution in [2.45, 2.75) is 32.5 Å². The molecule has 0 bridgehead atoms. The van der Waals surface area contributed by atoms with Gasteiger partial charge in [0.15, 0.2) is 6.79 Å². The molecular formula is C16H25N3O2. The minimum atomic E-state index is 0.338. The predicted molar refractivity (Wildman–Crippen MR) is 83.1 cm³/mol. The van der Waals surface area contributed by atoms with E-state index in [0.717, 1.165) is 43.2 Å². The number of fused-ring (bicyclic) bond motifs is 1. The summed E-state index contributed by atoms with van der Waals surface area (Å²) in [6, 6.07) is 4.64. The Balaban J connectivity index is 1.77. The lowest BCUT2D eigenvalue weighted by Crippen LogP contribution is -2.50. The highest BCUT2D eigenvalue weighted by Gasteiger charge is 2.24. The number of nitrogen functional groups attached to an aromatic ring is 1. The van der Waals surface area contributed by atoms with Crippen LogP contribution in [0.2, 0.25) is 0 Å². The Morgan fingerprint density at radius 1 is 1.33 bits per heavy atom. The number of likely N-dealkylation sites (N-methyl/N-ethyl adjacent to an activating group) is 1. The molecule has 1 aromatic carbocycles. The van der Waals surface area contributed by atoms with Crippen LogP contribution in [0.5, 0.6) is 5.75 Å². The predicted octanol–water partition coefficient (Wildman–Crippen LogP) is 1.66. The van der Waals surface area contributed by atoms with Crippen molar-refractivity contribution >= 4 is 5.69 Å². The molecule has 1 unspecified atom stereocenters. The topological polar surface area (TPSA) is 51.0 Å². The number of benzene rings is 1. The lowest BCUT2D eigenvalue weighted by molar-refractivity contribution is -0.0177. The van der Waals surface area contributed by atoms with Crippen molar-refractivity contribution in [2.75, 3.05) is 39.2 Å². The fraction of sp³-hybridized carbons (Fsp3) is 0.625. The van der Waals surface area contributed by atoms with Crippen LogP contribution >= 0.6 is 0 Å². The van der Waals surface area contributed by atoms with Crippen LogP contribution in [0.15, 0.2) is 12.1 Å². The SMILES string of the molecule is CCC1CN(Cc2cc(N)cc3c2OCOC3)CCN1C. The van der Waals surface area contributed by atoms with E-state index in [1.54, 1.807) is 0 Å². The summed E-state index contributed by atoms with van der Waals surface area (Å²) in [6.07, 6.45) is 1.19. The van der Waals surface area contributed by atoms with Crippen LogP contribution in [0.1, 0.15) is 24.5 Å². The molecule has 1 fully saturated rings. The van der Waals surface area contributed by atoms with E-state index >= 15 is 0 Å². The first-order valence-corrected chi connectivity index (χ1v) is 7.71. The normalized spacial score (nSPS) is 23.6. The van der Waals surface area contributed by atoms with Crippen LogP contribution in [0.3, 0.4) is 0 Å². The third kappa shape index (κ3) is 3.15. The quantitative estimate of drug-likeness (QED) is 0.858.